The number of carbonyl (C=O) groups is 1. The first-order valence-electron chi connectivity index (χ1n) is 8.04. The number of carbonyl (C=O) groups excluding carboxylic acids is 1. The molecular formula is C16H24Cl2N4O3S. The summed E-state index contributed by atoms with van der Waals surface area (Å²) in [6.07, 6.45) is 3.17. The number of fused-ring (bicyclic) bond motifs is 1. The van der Waals surface area contributed by atoms with Crippen molar-refractivity contribution in [3.63, 3.8) is 0 Å². The largest absolute Gasteiger partial charge is 0.351 e. The number of imidazole rings is 1. The molecule has 2 heterocycles. The average Bonchev–Trinajstić information content (AvgIpc) is 2.84. The maximum absolute atomic E-state index is 12.4. The average molecular weight is 423 g/mol. The molecule has 1 fully saturated rings. The molecule has 1 atom stereocenters. The molecule has 1 aromatic carbocycles. The Hall–Kier alpha value is -1.35. The molecule has 1 aromatic heterocycles. The molecule has 0 radical (unpaired) electrons. The van der Waals surface area contributed by atoms with Crippen molar-refractivity contribution >= 4 is 51.6 Å². The molecule has 7 nitrogen and oxygen atoms in total. The molecule has 1 aliphatic rings. The summed E-state index contributed by atoms with van der Waals surface area (Å²) in [6.45, 7) is 1.82. The molecule has 0 aliphatic carbocycles. The van der Waals surface area contributed by atoms with Gasteiger partial charge in [-0.2, -0.15) is 0 Å². The number of nitrogens with one attached hydrogen (secondary N) is 2. The van der Waals surface area contributed by atoms with Crippen LogP contribution in [-0.2, 0) is 26.9 Å². The first kappa shape index (κ1) is 22.7. The third-order valence-electron chi connectivity index (χ3n) is 4.09. The number of nitrogens with zero attached hydrogens (tertiary/aromatic N) is 2. The summed E-state index contributed by atoms with van der Waals surface area (Å²) in [5.41, 5.74) is 1.47. The van der Waals surface area contributed by atoms with Crippen LogP contribution in [0.1, 0.15) is 18.7 Å². The molecule has 2 aromatic rings. The quantitative estimate of drug-likeness (QED) is 0.756. The minimum Gasteiger partial charge on any atom is -0.351 e. The summed E-state index contributed by atoms with van der Waals surface area (Å²) >= 11 is 0. The van der Waals surface area contributed by atoms with Gasteiger partial charge in [0.2, 0.25) is 5.91 Å². The van der Waals surface area contributed by atoms with Gasteiger partial charge in [-0.15, -0.1) is 24.8 Å². The van der Waals surface area contributed by atoms with Gasteiger partial charge in [-0.25, -0.2) is 13.4 Å². The first-order valence-corrected chi connectivity index (χ1v) is 10.1. The Labute approximate surface area is 165 Å². The fourth-order valence-corrected chi connectivity index (χ4v) is 3.73. The van der Waals surface area contributed by atoms with Crippen LogP contribution >= 0.6 is 24.8 Å². The summed E-state index contributed by atoms with van der Waals surface area (Å²) in [5.74, 6) is 0.0946. The number of hydrogen-bond donors (Lipinski definition) is 2. The molecule has 1 amide bonds. The van der Waals surface area contributed by atoms with Crippen molar-refractivity contribution in [1.82, 2.24) is 20.2 Å². The minimum absolute atomic E-state index is 0. The van der Waals surface area contributed by atoms with Gasteiger partial charge in [0.05, 0.1) is 11.0 Å². The maximum atomic E-state index is 12.4. The highest BCUT2D eigenvalue weighted by Gasteiger charge is 2.19. The third-order valence-corrected chi connectivity index (χ3v) is 4.87. The van der Waals surface area contributed by atoms with Crippen molar-refractivity contribution < 1.29 is 13.2 Å². The Bertz CT molecular complexity index is 848. The summed E-state index contributed by atoms with van der Waals surface area (Å²) in [6, 6.07) is 7.49. The van der Waals surface area contributed by atoms with Gasteiger partial charge < -0.3 is 15.2 Å². The van der Waals surface area contributed by atoms with Crippen LogP contribution in [0.15, 0.2) is 24.3 Å². The van der Waals surface area contributed by atoms with Crippen LogP contribution in [0.2, 0.25) is 0 Å². The molecule has 0 saturated carbocycles. The Balaban J connectivity index is 0.00000169. The standard InChI is InChI=1S/C16H22N4O3S.2ClH/c1-24(22,23)11-15-19-13-6-2-3-7-14(13)20(15)10-16(21)18-12-5-4-8-17-9-12;;/h2-3,6-7,12,17H,4-5,8-11H2,1H3,(H,18,21);2*1H/t12-;;/m0../s1. The van der Waals surface area contributed by atoms with E-state index in [9.17, 15) is 13.2 Å². The van der Waals surface area contributed by atoms with Gasteiger partial charge in [-0.05, 0) is 31.5 Å². The first-order chi connectivity index (χ1) is 11.4. The lowest BCUT2D eigenvalue weighted by atomic mass is 10.1. The Morgan fingerprint density at radius 3 is 2.73 bits per heavy atom. The predicted octanol–water partition coefficient (Wildman–Crippen LogP) is 1.29. The highest BCUT2D eigenvalue weighted by atomic mass is 35.5. The van der Waals surface area contributed by atoms with Gasteiger partial charge in [0.25, 0.3) is 0 Å². The van der Waals surface area contributed by atoms with Crippen LogP contribution < -0.4 is 10.6 Å². The zero-order valence-corrected chi connectivity index (χ0v) is 16.9. The van der Waals surface area contributed by atoms with Crippen LogP contribution in [0.4, 0.5) is 0 Å². The van der Waals surface area contributed by atoms with Crippen molar-refractivity contribution in [1.29, 1.82) is 0 Å². The van der Waals surface area contributed by atoms with E-state index < -0.39 is 9.84 Å². The lowest BCUT2D eigenvalue weighted by Gasteiger charge is -2.24. The SMILES string of the molecule is CS(=O)(=O)Cc1nc2ccccc2n1CC(=O)N[C@H]1CCCNC1.Cl.Cl. The molecule has 1 saturated heterocycles. The number of benzene rings is 1. The van der Waals surface area contributed by atoms with Crippen molar-refractivity contribution in [3.05, 3.63) is 30.1 Å². The van der Waals surface area contributed by atoms with E-state index in [2.05, 4.69) is 15.6 Å². The van der Waals surface area contributed by atoms with Crippen LogP contribution in [-0.4, -0.2) is 49.3 Å². The number of rotatable bonds is 5. The summed E-state index contributed by atoms with van der Waals surface area (Å²) in [4.78, 5) is 16.8. The molecule has 1 aliphatic heterocycles. The van der Waals surface area contributed by atoms with Crippen molar-refractivity contribution in [2.75, 3.05) is 19.3 Å². The lowest BCUT2D eigenvalue weighted by Crippen LogP contribution is -2.46. The zero-order valence-electron chi connectivity index (χ0n) is 14.5. The maximum Gasteiger partial charge on any atom is 0.240 e. The van der Waals surface area contributed by atoms with E-state index in [1.165, 1.54) is 6.26 Å². The fourth-order valence-electron chi connectivity index (χ4n) is 3.04. The minimum atomic E-state index is -3.24. The normalized spacial score (nSPS) is 17.2. The molecular weight excluding hydrogens is 399 g/mol. The third kappa shape index (κ3) is 5.84. The van der Waals surface area contributed by atoms with E-state index in [4.69, 9.17) is 0 Å². The molecule has 2 N–H and O–H groups in total. The topological polar surface area (TPSA) is 93.1 Å². The highest BCUT2D eigenvalue weighted by Crippen LogP contribution is 2.17. The monoisotopic (exact) mass is 422 g/mol. The van der Waals surface area contributed by atoms with E-state index in [-0.39, 0.29) is 49.1 Å². The molecule has 0 bridgehead atoms. The van der Waals surface area contributed by atoms with Crippen molar-refractivity contribution in [3.8, 4) is 0 Å². The smallest absolute Gasteiger partial charge is 0.240 e. The lowest BCUT2D eigenvalue weighted by molar-refractivity contribution is -0.122. The number of hydrogen-bond acceptors (Lipinski definition) is 5. The summed E-state index contributed by atoms with van der Waals surface area (Å²) in [7, 11) is -3.24. The van der Waals surface area contributed by atoms with E-state index >= 15 is 0 Å². The van der Waals surface area contributed by atoms with Gasteiger partial charge in [-0.1, -0.05) is 12.1 Å². The number of halogens is 2. The number of piperidine rings is 1. The Morgan fingerprint density at radius 2 is 2.08 bits per heavy atom. The van der Waals surface area contributed by atoms with Crippen LogP contribution in [0, 0.1) is 0 Å². The van der Waals surface area contributed by atoms with Gasteiger partial charge in [0.1, 0.15) is 18.1 Å². The van der Waals surface area contributed by atoms with Crippen LogP contribution in [0.3, 0.4) is 0 Å². The van der Waals surface area contributed by atoms with Gasteiger partial charge in [0, 0.05) is 18.8 Å². The second kappa shape index (κ2) is 9.55. The zero-order chi connectivity index (χ0) is 17.2. The molecule has 10 heteroatoms. The number of sulfone groups is 1. The van der Waals surface area contributed by atoms with Crippen molar-refractivity contribution in [2.24, 2.45) is 0 Å². The van der Waals surface area contributed by atoms with E-state index in [0.717, 1.165) is 31.4 Å². The molecule has 0 unspecified atom stereocenters. The van der Waals surface area contributed by atoms with E-state index in [0.29, 0.717) is 11.3 Å². The molecule has 3 rings (SSSR count). The molecule has 0 spiro atoms. The summed E-state index contributed by atoms with van der Waals surface area (Å²) in [5, 5.41) is 6.27. The second-order valence-electron chi connectivity index (χ2n) is 6.28. The van der Waals surface area contributed by atoms with E-state index in [1.54, 1.807) is 4.57 Å². The van der Waals surface area contributed by atoms with E-state index in [1.807, 2.05) is 24.3 Å². The Kier molecular flexibility index (Phi) is 8.33. The number of amides is 1. The highest BCUT2D eigenvalue weighted by molar-refractivity contribution is 7.89. The predicted molar refractivity (Wildman–Crippen MR) is 107 cm³/mol. The van der Waals surface area contributed by atoms with Crippen LogP contribution in [0.25, 0.3) is 11.0 Å². The Morgan fingerprint density at radius 1 is 1.35 bits per heavy atom. The second-order valence-corrected chi connectivity index (χ2v) is 8.42. The number of aromatic nitrogens is 2. The van der Waals surface area contributed by atoms with Gasteiger partial charge in [-0.3, -0.25) is 4.79 Å². The van der Waals surface area contributed by atoms with Gasteiger partial charge >= 0.3 is 0 Å². The van der Waals surface area contributed by atoms with Crippen LogP contribution in [0.5, 0.6) is 0 Å². The summed E-state index contributed by atoms with van der Waals surface area (Å²) < 4.78 is 25.0. The molecule has 26 heavy (non-hydrogen) atoms. The van der Waals surface area contributed by atoms with Crippen molar-refractivity contribution in [2.45, 2.75) is 31.2 Å². The fraction of sp³-hybridized carbons (Fsp3) is 0.500. The van der Waals surface area contributed by atoms with Gasteiger partial charge in [0.15, 0.2) is 9.84 Å². The number of para-hydroxylation sites is 2. The molecule has 146 valence electrons.